The van der Waals surface area contributed by atoms with Gasteiger partial charge >= 0.3 is 5.97 Å². The summed E-state index contributed by atoms with van der Waals surface area (Å²) in [4.78, 5) is 31.3. The zero-order valence-corrected chi connectivity index (χ0v) is 26.3. The zero-order chi connectivity index (χ0) is 30.1. The van der Waals surface area contributed by atoms with Gasteiger partial charge in [0.1, 0.15) is 11.6 Å². The van der Waals surface area contributed by atoms with Crippen LogP contribution in [0, 0.1) is 5.41 Å². The number of carboxylic acid groups (broad SMARTS) is 1. The minimum Gasteiger partial charge on any atom is -0.481 e. The second-order valence-corrected chi connectivity index (χ2v) is 12.8. The number of carboxylic acids is 1. The van der Waals surface area contributed by atoms with Gasteiger partial charge in [-0.2, -0.15) is 0 Å². The lowest BCUT2D eigenvalue weighted by Gasteiger charge is -2.42. The van der Waals surface area contributed by atoms with Crippen LogP contribution in [0.3, 0.4) is 0 Å². The van der Waals surface area contributed by atoms with Crippen molar-refractivity contribution in [1.82, 2.24) is 34.2 Å². The molecule has 234 valence electrons. The predicted octanol–water partition coefficient (Wildman–Crippen LogP) is 5.19. The van der Waals surface area contributed by atoms with Gasteiger partial charge in [0.25, 0.3) is 0 Å². The number of likely N-dealkylation sites (tertiary alicyclic amines) is 2. The van der Waals surface area contributed by atoms with E-state index in [-0.39, 0.29) is 6.42 Å². The van der Waals surface area contributed by atoms with Gasteiger partial charge in [-0.3, -0.25) is 9.69 Å². The first-order valence-electron chi connectivity index (χ1n) is 16.4. The number of imidazole rings is 2. The first-order chi connectivity index (χ1) is 20.9. The van der Waals surface area contributed by atoms with Crippen LogP contribution < -0.4 is 0 Å². The molecule has 0 saturated carbocycles. The highest BCUT2D eigenvalue weighted by atomic mass is 16.4. The Kier molecular flexibility index (Phi) is 11.1. The molecule has 1 spiro atoms. The van der Waals surface area contributed by atoms with Crippen LogP contribution in [0.25, 0.3) is 0 Å². The van der Waals surface area contributed by atoms with E-state index in [2.05, 4.69) is 61.4 Å². The number of nitrogens with zero attached hydrogens (tertiary/aromatic N) is 6. The average Bonchev–Trinajstić information content (AvgIpc) is 3.77. The van der Waals surface area contributed by atoms with Crippen molar-refractivity contribution in [2.24, 2.45) is 5.41 Å². The van der Waals surface area contributed by atoms with E-state index in [1.54, 1.807) is 6.20 Å². The summed E-state index contributed by atoms with van der Waals surface area (Å²) in [5, 5.41) is 9.09. The van der Waals surface area contributed by atoms with Gasteiger partial charge in [0.2, 0.25) is 0 Å². The maximum atomic E-state index is 11.1. The highest BCUT2D eigenvalue weighted by Gasteiger charge is 2.40. The van der Waals surface area contributed by atoms with Crippen molar-refractivity contribution < 1.29 is 9.90 Å². The standard InChI is InChI=1S/C34H51N7O2/c1-3-30(4-2)40-20-12-34(13-21-40)11-19-38(27-34)17-6-18-41-22-16-37-32(41)26-39(25-31-35-14-15-36-31)24-29-8-5-7-28(23-29)9-10-33(42)43/h5,7-8,14-16,22-23,30H,3-4,6,9-13,17-21,24-27H2,1-2H3,(H,35,36)(H,42,43). The van der Waals surface area contributed by atoms with Crippen LogP contribution in [0.15, 0.2) is 49.1 Å². The molecule has 2 saturated heterocycles. The number of hydrogen-bond acceptors (Lipinski definition) is 6. The molecule has 5 rings (SSSR count). The van der Waals surface area contributed by atoms with Crippen LogP contribution in [0.5, 0.6) is 0 Å². The van der Waals surface area contributed by atoms with Gasteiger partial charge in [-0.15, -0.1) is 0 Å². The maximum Gasteiger partial charge on any atom is 0.303 e. The normalized spacial score (nSPS) is 17.5. The molecule has 2 aromatic heterocycles. The van der Waals surface area contributed by atoms with Gasteiger partial charge in [0.05, 0.1) is 13.1 Å². The average molecular weight is 590 g/mol. The summed E-state index contributed by atoms with van der Waals surface area (Å²) in [6.07, 6.45) is 16.1. The van der Waals surface area contributed by atoms with Gasteiger partial charge in [-0.1, -0.05) is 38.1 Å². The molecule has 9 nitrogen and oxygen atoms in total. The molecule has 0 unspecified atom stereocenters. The predicted molar refractivity (Wildman–Crippen MR) is 169 cm³/mol. The number of H-pyrrole nitrogens is 1. The van der Waals surface area contributed by atoms with Crippen LogP contribution in [-0.2, 0) is 37.4 Å². The van der Waals surface area contributed by atoms with Gasteiger partial charge in [-0.05, 0) is 87.7 Å². The Hall–Kier alpha value is -3.01. The lowest BCUT2D eigenvalue weighted by Crippen LogP contribution is -2.45. The van der Waals surface area contributed by atoms with Gasteiger partial charge in [-0.25, -0.2) is 9.97 Å². The second kappa shape index (κ2) is 15.1. The zero-order valence-electron chi connectivity index (χ0n) is 26.3. The Morgan fingerprint density at radius 2 is 1.81 bits per heavy atom. The quantitative estimate of drug-likeness (QED) is 0.237. The number of aromatic amines is 1. The molecule has 4 heterocycles. The summed E-state index contributed by atoms with van der Waals surface area (Å²) in [7, 11) is 0. The molecule has 0 amide bonds. The third kappa shape index (κ3) is 8.77. The fourth-order valence-corrected chi connectivity index (χ4v) is 7.31. The Bertz CT molecular complexity index is 1260. The van der Waals surface area contributed by atoms with E-state index in [0.717, 1.165) is 49.3 Å². The minimum atomic E-state index is -0.765. The Labute approximate surface area is 257 Å². The molecule has 3 aromatic rings. The molecule has 2 fully saturated rings. The van der Waals surface area contributed by atoms with Crippen molar-refractivity contribution in [3.05, 3.63) is 71.8 Å². The molecule has 2 aliphatic heterocycles. The van der Waals surface area contributed by atoms with E-state index < -0.39 is 5.97 Å². The summed E-state index contributed by atoms with van der Waals surface area (Å²) in [6, 6.07) is 9.05. The lowest BCUT2D eigenvalue weighted by atomic mass is 9.77. The van der Waals surface area contributed by atoms with Crippen molar-refractivity contribution in [1.29, 1.82) is 0 Å². The van der Waals surface area contributed by atoms with Crippen molar-refractivity contribution in [2.75, 3.05) is 32.7 Å². The SMILES string of the molecule is CCC(CC)N1CCC2(CCN(CCCn3ccnc3CN(Cc3cccc(CCC(=O)O)c3)Cc3ncc[nH]3)C2)CC1. The molecule has 43 heavy (non-hydrogen) atoms. The molecule has 9 heteroatoms. The molecule has 2 aliphatic rings. The topological polar surface area (TPSA) is 93.5 Å². The molecule has 1 aromatic carbocycles. The summed E-state index contributed by atoms with van der Waals surface area (Å²) < 4.78 is 2.32. The van der Waals surface area contributed by atoms with Crippen molar-refractivity contribution in [3.8, 4) is 0 Å². The summed E-state index contributed by atoms with van der Waals surface area (Å²) >= 11 is 0. The highest BCUT2D eigenvalue weighted by Crippen LogP contribution is 2.41. The number of hydrogen-bond donors (Lipinski definition) is 2. The molecular formula is C34H51N7O2. The van der Waals surface area contributed by atoms with Crippen molar-refractivity contribution in [3.63, 3.8) is 0 Å². The number of aliphatic carboxylic acids is 1. The van der Waals surface area contributed by atoms with E-state index in [4.69, 9.17) is 10.1 Å². The largest absolute Gasteiger partial charge is 0.481 e. The Morgan fingerprint density at radius 1 is 1.02 bits per heavy atom. The molecule has 0 radical (unpaired) electrons. The molecule has 0 atom stereocenters. The molecule has 0 aliphatic carbocycles. The number of carbonyl (C=O) groups is 1. The third-order valence-electron chi connectivity index (χ3n) is 9.83. The first kappa shape index (κ1) is 31.4. The summed E-state index contributed by atoms with van der Waals surface area (Å²) in [5.74, 6) is 1.23. The van der Waals surface area contributed by atoms with E-state index in [1.807, 2.05) is 24.5 Å². The number of aryl methyl sites for hydroxylation is 2. The van der Waals surface area contributed by atoms with Crippen molar-refractivity contribution >= 4 is 5.97 Å². The van der Waals surface area contributed by atoms with Crippen LogP contribution in [0.4, 0.5) is 0 Å². The van der Waals surface area contributed by atoms with Crippen molar-refractivity contribution in [2.45, 2.75) is 97.4 Å². The number of benzene rings is 1. The summed E-state index contributed by atoms with van der Waals surface area (Å²) in [6.45, 7) is 14.0. The number of nitrogens with one attached hydrogen (secondary N) is 1. The van der Waals surface area contributed by atoms with Crippen LogP contribution >= 0.6 is 0 Å². The first-order valence-corrected chi connectivity index (χ1v) is 16.4. The smallest absolute Gasteiger partial charge is 0.303 e. The van der Waals surface area contributed by atoms with E-state index >= 15 is 0 Å². The van der Waals surface area contributed by atoms with Crippen LogP contribution in [-0.4, -0.2) is 84.1 Å². The van der Waals surface area contributed by atoms with Crippen LogP contribution in [0.1, 0.15) is 81.6 Å². The Morgan fingerprint density at radius 3 is 2.56 bits per heavy atom. The fourth-order valence-electron chi connectivity index (χ4n) is 7.31. The second-order valence-electron chi connectivity index (χ2n) is 12.8. The van der Waals surface area contributed by atoms with E-state index in [0.29, 0.717) is 24.9 Å². The molecule has 2 N–H and O–H groups in total. The van der Waals surface area contributed by atoms with Gasteiger partial charge < -0.3 is 24.5 Å². The van der Waals surface area contributed by atoms with Crippen LogP contribution in [0.2, 0.25) is 0 Å². The van der Waals surface area contributed by atoms with Gasteiger partial charge in [0.15, 0.2) is 0 Å². The Balaban J connectivity index is 1.14. The molecule has 0 bridgehead atoms. The maximum absolute atomic E-state index is 11.1. The number of aromatic nitrogens is 4. The fraction of sp³-hybridized carbons (Fsp3) is 0.618. The van der Waals surface area contributed by atoms with E-state index in [1.165, 1.54) is 63.8 Å². The number of piperidine rings is 1. The monoisotopic (exact) mass is 589 g/mol. The summed E-state index contributed by atoms with van der Waals surface area (Å²) in [5.41, 5.74) is 2.76. The molecular weight excluding hydrogens is 538 g/mol. The third-order valence-corrected chi connectivity index (χ3v) is 9.83. The number of rotatable bonds is 16. The van der Waals surface area contributed by atoms with E-state index in [9.17, 15) is 4.79 Å². The minimum absolute atomic E-state index is 0.145. The lowest BCUT2D eigenvalue weighted by molar-refractivity contribution is -0.136. The van der Waals surface area contributed by atoms with Gasteiger partial charge in [0, 0.05) is 56.9 Å². The highest BCUT2D eigenvalue weighted by molar-refractivity contribution is 5.67.